The van der Waals surface area contributed by atoms with Gasteiger partial charge in [-0.05, 0) is 6.92 Å². The molecule has 1 saturated heterocycles. The third-order valence-electron chi connectivity index (χ3n) is 5.51. The Hall–Kier alpha value is -2.09. The lowest BCUT2D eigenvalue weighted by atomic mass is 9.88. The third-order valence-corrected chi connectivity index (χ3v) is 8.51. The highest BCUT2D eigenvalue weighted by Gasteiger charge is 2.40. The molecule has 0 saturated carbocycles. The molecule has 11 nitrogen and oxygen atoms in total. The van der Waals surface area contributed by atoms with Crippen molar-refractivity contribution < 1.29 is 22.8 Å². The Morgan fingerprint density at radius 3 is 2.65 bits per heavy atom. The van der Waals surface area contributed by atoms with Gasteiger partial charge in [0.1, 0.15) is 5.01 Å². The van der Waals surface area contributed by atoms with Crippen LogP contribution in [0.5, 0.6) is 0 Å². The van der Waals surface area contributed by atoms with Crippen molar-refractivity contribution in [3.63, 3.8) is 0 Å². The number of nitrogens with zero attached hydrogens (tertiary/aromatic N) is 4. The van der Waals surface area contributed by atoms with Crippen LogP contribution in [0.4, 0.5) is 0 Å². The van der Waals surface area contributed by atoms with Gasteiger partial charge in [-0.2, -0.15) is 17.0 Å². The molecule has 2 aliphatic heterocycles. The van der Waals surface area contributed by atoms with Crippen LogP contribution in [0.15, 0.2) is 0 Å². The molecule has 1 unspecified atom stereocenters. The summed E-state index contributed by atoms with van der Waals surface area (Å²) in [5.74, 6) is -0.607. The molecule has 31 heavy (non-hydrogen) atoms. The number of thiazole rings is 1. The van der Waals surface area contributed by atoms with E-state index < -0.39 is 15.6 Å². The lowest BCUT2D eigenvalue weighted by Crippen LogP contribution is -2.45. The largest absolute Gasteiger partial charge is 0.355 e. The summed E-state index contributed by atoms with van der Waals surface area (Å²) in [6.07, 6.45) is 0.801. The fourth-order valence-corrected chi connectivity index (χ4v) is 5.33. The van der Waals surface area contributed by atoms with Crippen molar-refractivity contribution in [2.24, 2.45) is 5.41 Å². The number of rotatable bonds is 7. The number of carbonyl (C=O) groups excluding carboxylic acids is 3. The first-order valence-electron chi connectivity index (χ1n) is 9.86. The van der Waals surface area contributed by atoms with E-state index >= 15 is 0 Å². The minimum absolute atomic E-state index is 0.129. The molecule has 172 valence electrons. The van der Waals surface area contributed by atoms with E-state index in [1.54, 1.807) is 11.8 Å². The van der Waals surface area contributed by atoms with Gasteiger partial charge in [-0.1, -0.05) is 0 Å². The number of amides is 3. The van der Waals surface area contributed by atoms with Gasteiger partial charge in [0.05, 0.1) is 30.7 Å². The number of likely N-dealkylation sites (N-methyl/N-ethyl adjacent to an activating group) is 1. The van der Waals surface area contributed by atoms with E-state index in [9.17, 15) is 22.8 Å². The number of aromatic nitrogens is 1. The molecular weight excluding hydrogens is 444 g/mol. The quantitative estimate of drug-likeness (QED) is 0.518. The SMILES string of the molecule is CN(C)S(=O)(=O)N(C)CC(=O)N1CCc2sc(CNC(=O)C3(C)CNC(=O)C3)nc2C1. The highest BCUT2D eigenvalue weighted by molar-refractivity contribution is 7.86. The third kappa shape index (κ3) is 5.05. The molecule has 1 fully saturated rings. The standard InChI is InChI=1S/C18H28N6O5S2/c1-18(7-14(25)20-11-18)17(27)19-8-15-21-12-9-24(6-5-13(12)30-15)16(26)10-23(4)31(28,29)22(2)3/h5-11H2,1-4H3,(H,19,27)(H,20,25). The monoisotopic (exact) mass is 472 g/mol. The predicted octanol–water partition coefficient (Wildman–Crippen LogP) is -1.09. The van der Waals surface area contributed by atoms with Crippen LogP contribution in [-0.2, 0) is 44.1 Å². The summed E-state index contributed by atoms with van der Waals surface area (Å²) in [5, 5.41) is 6.27. The second-order valence-electron chi connectivity index (χ2n) is 8.29. The van der Waals surface area contributed by atoms with Crippen LogP contribution in [0.2, 0.25) is 0 Å². The lowest BCUT2D eigenvalue weighted by molar-refractivity contribution is -0.132. The number of hydrogen-bond donors (Lipinski definition) is 2. The number of nitrogens with one attached hydrogen (secondary N) is 2. The van der Waals surface area contributed by atoms with Crippen molar-refractivity contribution in [1.29, 1.82) is 0 Å². The Kier molecular flexibility index (Phi) is 6.69. The second-order valence-corrected chi connectivity index (χ2v) is 11.7. The van der Waals surface area contributed by atoms with Gasteiger partial charge in [0.25, 0.3) is 10.2 Å². The van der Waals surface area contributed by atoms with Crippen LogP contribution in [0, 0.1) is 5.41 Å². The van der Waals surface area contributed by atoms with Gasteiger partial charge < -0.3 is 15.5 Å². The molecule has 1 aromatic heterocycles. The smallest absolute Gasteiger partial charge is 0.281 e. The second kappa shape index (κ2) is 8.81. The molecule has 1 atom stereocenters. The minimum atomic E-state index is -3.66. The van der Waals surface area contributed by atoms with Gasteiger partial charge >= 0.3 is 0 Å². The Labute approximate surface area is 186 Å². The van der Waals surface area contributed by atoms with Crippen molar-refractivity contribution in [1.82, 2.24) is 29.1 Å². The van der Waals surface area contributed by atoms with E-state index in [0.29, 0.717) is 26.1 Å². The molecule has 0 aliphatic carbocycles. The summed E-state index contributed by atoms with van der Waals surface area (Å²) in [4.78, 5) is 43.7. The van der Waals surface area contributed by atoms with Gasteiger partial charge in [0.15, 0.2) is 0 Å². The van der Waals surface area contributed by atoms with Crippen molar-refractivity contribution in [2.75, 3.05) is 40.8 Å². The summed E-state index contributed by atoms with van der Waals surface area (Å²) >= 11 is 1.50. The lowest BCUT2D eigenvalue weighted by Gasteiger charge is -2.28. The number of hydrogen-bond acceptors (Lipinski definition) is 7. The average molecular weight is 473 g/mol. The van der Waals surface area contributed by atoms with Crippen molar-refractivity contribution in [3.8, 4) is 0 Å². The molecule has 2 aliphatic rings. The molecule has 3 amide bonds. The predicted molar refractivity (Wildman–Crippen MR) is 114 cm³/mol. The van der Waals surface area contributed by atoms with Crippen LogP contribution in [0.25, 0.3) is 0 Å². The molecule has 0 bridgehead atoms. The Morgan fingerprint density at radius 1 is 1.32 bits per heavy atom. The maximum Gasteiger partial charge on any atom is 0.281 e. The summed E-state index contributed by atoms with van der Waals surface area (Å²) in [6.45, 7) is 2.89. The zero-order valence-corrected chi connectivity index (χ0v) is 19.7. The average Bonchev–Trinajstić information content (AvgIpc) is 3.28. The molecular formula is C18H28N6O5S2. The normalized spacial score (nSPS) is 21.4. The minimum Gasteiger partial charge on any atom is -0.355 e. The van der Waals surface area contributed by atoms with Crippen LogP contribution in [0.3, 0.4) is 0 Å². The van der Waals surface area contributed by atoms with Crippen molar-refractivity contribution in [3.05, 3.63) is 15.6 Å². The van der Waals surface area contributed by atoms with Gasteiger partial charge in [0, 0.05) is 52.0 Å². The summed E-state index contributed by atoms with van der Waals surface area (Å²) in [5.41, 5.74) is 0.0201. The number of fused-ring (bicyclic) bond motifs is 1. The fourth-order valence-electron chi connectivity index (χ4n) is 3.49. The molecule has 13 heteroatoms. The topological polar surface area (TPSA) is 132 Å². The van der Waals surface area contributed by atoms with Gasteiger partial charge in [-0.15, -0.1) is 11.3 Å². The van der Waals surface area contributed by atoms with Crippen LogP contribution < -0.4 is 10.6 Å². The van der Waals surface area contributed by atoms with Crippen LogP contribution in [0.1, 0.15) is 28.9 Å². The highest BCUT2D eigenvalue weighted by atomic mass is 32.2. The van der Waals surface area contributed by atoms with Gasteiger partial charge in [0.2, 0.25) is 17.7 Å². The molecule has 0 spiro atoms. The summed E-state index contributed by atoms with van der Waals surface area (Å²) in [7, 11) is 0.551. The zero-order chi connectivity index (χ0) is 23.0. The molecule has 0 aromatic carbocycles. The van der Waals surface area contributed by atoms with E-state index in [4.69, 9.17) is 0 Å². The summed E-state index contributed by atoms with van der Waals surface area (Å²) in [6, 6.07) is 0. The van der Waals surface area contributed by atoms with Gasteiger partial charge in [-0.3, -0.25) is 14.4 Å². The van der Waals surface area contributed by atoms with E-state index in [-0.39, 0.29) is 37.2 Å². The van der Waals surface area contributed by atoms with Gasteiger partial charge in [-0.25, -0.2) is 4.98 Å². The molecule has 3 heterocycles. The van der Waals surface area contributed by atoms with Crippen molar-refractivity contribution >= 4 is 39.3 Å². The number of carbonyl (C=O) groups is 3. The molecule has 0 radical (unpaired) electrons. The van der Waals surface area contributed by atoms with E-state index in [1.165, 1.54) is 32.5 Å². The maximum absolute atomic E-state index is 12.6. The van der Waals surface area contributed by atoms with Crippen molar-refractivity contribution in [2.45, 2.75) is 32.9 Å². The zero-order valence-electron chi connectivity index (χ0n) is 18.1. The van der Waals surface area contributed by atoms with Crippen LogP contribution >= 0.6 is 11.3 Å². The highest BCUT2D eigenvalue weighted by Crippen LogP contribution is 2.27. The Morgan fingerprint density at radius 2 is 2.03 bits per heavy atom. The van der Waals surface area contributed by atoms with Crippen LogP contribution in [-0.4, -0.2) is 85.4 Å². The Balaban J connectivity index is 1.57. The fraction of sp³-hybridized carbons (Fsp3) is 0.667. The maximum atomic E-state index is 12.6. The van der Waals surface area contributed by atoms with E-state index in [0.717, 1.165) is 24.2 Å². The van der Waals surface area contributed by atoms with E-state index in [1.807, 2.05) is 0 Å². The first-order valence-corrected chi connectivity index (χ1v) is 12.1. The first-order chi connectivity index (χ1) is 14.4. The molecule has 2 N–H and O–H groups in total. The molecule has 1 aromatic rings. The van der Waals surface area contributed by atoms with E-state index in [2.05, 4.69) is 15.6 Å². The Bertz CT molecular complexity index is 992. The summed E-state index contributed by atoms with van der Waals surface area (Å²) < 4.78 is 26.3. The molecule has 3 rings (SSSR count). The first kappa shape index (κ1) is 23.6.